The number of fused-ring (bicyclic) bond motifs is 15. The Labute approximate surface area is 404 Å². The topological polar surface area (TPSA) is 19.6 Å². The third-order valence-electron chi connectivity index (χ3n) is 16.8. The molecule has 68 heavy (non-hydrogen) atoms. The molecule has 4 aliphatic rings. The highest BCUT2D eigenvalue weighted by molar-refractivity contribution is 7.26. The minimum Gasteiger partial charge on any atom is -0.456 e. The smallest absolute Gasteiger partial charge is 0.333 e. The number of hydrogen-bond donors (Lipinski definition) is 0. The summed E-state index contributed by atoms with van der Waals surface area (Å²) in [5, 5.41) is 5.00. The molecule has 5 heterocycles. The predicted molar refractivity (Wildman–Crippen MR) is 292 cm³/mol. The third kappa shape index (κ3) is 5.26. The summed E-state index contributed by atoms with van der Waals surface area (Å²) >= 11 is 1.95. The Hall–Kier alpha value is -6.56. The van der Waals surface area contributed by atoms with E-state index in [9.17, 15) is 0 Å². The van der Waals surface area contributed by atoms with Gasteiger partial charge in [0, 0.05) is 64.7 Å². The quantitative estimate of drug-likeness (QED) is 0.161. The van der Waals surface area contributed by atoms with Crippen LogP contribution in [0.15, 0.2) is 150 Å². The van der Waals surface area contributed by atoms with E-state index in [0.29, 0.717) is 0 Å². The van der Waals surface area contributed by atoms with Crippen LogP contribution in [0.4, 0.5) is 28.4 Å². The lowest BCUT2D eigenvalue weighted by molar-refractivity contribution is 0.332. The Kier molecular flexibility index (Phi) is 7.96. The maximum absolute atomic E-state index is 7.20. The number of furan rings is 1. The van der Waals surface area contributed by atoms with Crippen molar-refractivity contribution in [1.29, 1.82) is 0 Å². The first kappa shape index (κ1) is 40.5. The highest BCUT2D eigenvalue weighted by atomic mass is 32.1. The lowest BCUT2D eigenvalue weighted by Crippen LogP contribution is -2.63. The average Bonchev–Trinajstić information content (AvgIpc) is 3.90. The normalized spacial score (nSPS) is 17.0. The molecule has 0 atom stereocenters. The molecule has 10 aromatic rings. The molecule has 1 aliphatic carbocycles. The molecule has 8 aromatic carbocycles. The van der Waals surface area contributed by atoms with Crippen LogP contribution >= 0.6 is 11.3 Å². The van der Waals surface area contributed by atoms with Crippen LogP contribution < -0.4 is 20.6 Å². The molecule has 0 N–H and O–H groups in total. The van der Waals surface area contributed by atoms with Gasteiger partial charge in [0.25, 0.3) is 0 Å². The predicted octanol–water partition coefficient (Wildman–Crippen LogP) is 16.6. The van der Waals surface area contributed by atoms with Gasteiger partial charge in [0.2, 0.25) is 0 Å². The number of para-hydroxylation sites is 2. The van der Waals surface area contributed by atoms with Gasteiger partial charge in [-0.25, -0.2) is 0 Å². The van der Waals surface area contributed by atoms with Crippen molar-refractivity contribution in [3.63, 3.8) is 0 Å². The lowest BCUT2D eigenvalue weighted by Gasteiger charge is -2.51. The fraction of sp³-hybridized carbons (Fsp3) is 0.238. The summed E-state index contributed by atoms with van der Waals surface area (Å²) in [6.07, 6.45) is 2.30. The summed E-state index contributed by atoms with van der Waals surface area (Å²) in [5.74, 6) is 0. The molecule has 0 fully saturated rings. The first-order chi connectivity index (χ1) is 32.6. The Bertz CT molecular complexity index is 3840. The number of nitrogens with zero attached hydrogens (tertiary/aromatic N) is 2. The van der Waals surface area contributed by atoms with Crippen molar-refractivity contribution in [3.05, 3.63) is 173 Å². The number of thiophene rings is 1. The number of benzene rings is 8. The van der Waals surface area contributed by atoms with Gasteiger partial charge in [0.1, 0.15) is 11.2 Å². The van der Waals surface area contributed by atoms with Gasteiger partial charge in [-0.2, -0.15) is 0 Å². The molecular weight excluding hydrogens is 844 g/mol. The van der Waals surface area contributed by atoms with E-state index in [1.807, 2.05) is 11.3 Å². The van der Waals surface area contributed by atoms with E-state index in [4.69, 9.17) is 4.42 Å². The number of hydrogen-bond acceptors (Lipinski definition) is 4. The summed E-state index contributed by atoms with van der Waals surface area (Å²) in [7, 11) is 0. The Balaban J connectivity index is 1.21. The van der Waals surface area contributed by atoms with Gasteiger partial charge in [-0.3, -0.25) is 0 Å². The highest BCUT2D eigenvalue weighted by Crippen LogP contribution is 2.59. The van der Waals surface area contributed by atoms with Crippen LogP contribution in [-0.2, 0) is 21.7 Å². The van der Waals surface area contributed by atoms with Crippen LogP contribution in [0.5, 0.6) is 0 Å². The van der Waals surface area contributed by atoms with E-state index in [-0.39, 0.29) is 28.5 Å². The van der Waals surface area contributed by atoms with E-state index in [1.54, 1.807) is 0 Å². The van der Waals surface area contributed by atoms with Gasteiger partial charge in [-0.05, 0) is 122 Å². The molecule has 3 nitrogen and oxygen atoms in total. The SMILES string of the molecule is CC(C)(C)c1ccc(N2c3cc4c(sc5ccccc54)c4c3B(c3ccc5oc6cc7c(cc6c5c32)C(C)(C)CCC7(C)C)N2c3ccccc3C(C)(C)c3cccc-4c32)c(-c2ccccc2)c1. The van der Waals surface area contributed by atoms with Gasteiger partial charge in [-0.15, -0.1) is 11.3 Å². The second kappa shape index (κ2) is 13.4. The zero-order valence-corrected chi connectivity index (χ0v) is 41.4. The van der Waals surface area contributed by atoms with Gasteiger partial charge < -0.3 is 14.1 Å². The van der Waals surface area contributed by atoms with Crippen molar-refractivity contribution in [2.24, 2.45) is 0 Å². The van der Waals surface area contributed by atoms with E-state index in [2.05, 4.69) is 218 Å². The van der Waals surface area contributed by atoms with E-state index < -0.39 is 0 Å². The first-order valence-electron chi connectivity index (χ1n) is 24.7. The molecule has 0 bridgehead atoms. The van der Waals surface area contributed by atoms with Crippen molar-refractivity contribution in [3.8, 4) is 22.3 Å². The number of rotatable bonds is 2. The van der Waals surface area contributed by atoms with Crippen LogP contribution in [0, 0.1) is 0 Å². The second-order valence-electron chi connectivity index (χ2n) is 23.1. The van der Waals surface area contributed by atoms with Crippen molar-refractivity contribution < 1.29 is 4.42 Å². The van der Waals surface area contributed by atoms with Gasteiger partial charge >= 0.3 is 6.85 Å². The summed E-state index contributed by atoms with van der Waals surface area (Å²) < 4.78 is 9.88. The van der Waals surface area contributed by atoms with E-state index >= 15 is 0 Å². The van der Waals surface area contributed by atoms with Crippen LogP contribution in [-0.4, -0.2) is 6.85 Å². The van der Waals surface area contributed by atoms with Gasteiger partial charge in [-0.1, -0.05) is 159 Å². The molecule has 3 aliphatic heterocycles. The van der Waals surface area contributed by atoms with Crippen molar-refractivity contribution >= 4 is 99.7 Å². The summed E-state index contributed by atoms with van der Waals surface area (Å²) in [6, 6.07) is 56.0. The summed E-state index contributed by atoms with van der Waals surface area (Å²) in [5.41, 5.74) is 22.6. The molecule has 0 saturated heterocycles. The Morgan fingerprint density at radius 3 is 2.07 bits per heavy atom. The zero-order chi connectivity index (χ0) is 46.4. The molecule has 0 saturated carbocycles. The molecule has 0 radical (unpaired) electrons. The molecule has 2 aromatic heterocycles. The van der Waals surface area contributed by atoms with Crippen molar-refractivity contribution in [2.75, 3.05) is 9.71 Å². The van der Waals surface area contributed by atoms with E-state index in [1.165, 1.54) is 120 Å². The minimum atomic E-state index is -0.208. The second-order valence-corrected chi connectivity index (χ2v) is 24.2. The molecule has 14 rings (SSSR count). The monoisotopic (exact) mass is 898 g/mol. The van der Waals surface area contributed by atoms with Crippen molar-refractivity contribution in [2.45, 2.75) is 96.8 Å². The maximum atomic E-state index is 7.20. The highest BCUT2D eigenvalue weighted by Gasteiger charge is 2.51. The van der Waals surface area contributed by atoms with Gasteiger partial charge in [0.05, 0.1) is 16.8 Å². The average molecular weight is 899 g/mol. The lowest BCUT2D eigenvalue weighted by atomic mass is 9.42. The minimum absolute atomic E-state index is 0.0291. The van der Waals surface area contributed by atoms with Gasteiger partial charge in [0.15, 0.2) is 0 Å². The summed E-state index contributed by atoms with van der Waals surface area (Å²) in [4.78, 5) is 5.43. The Morgan fingerprint density at radius 2 is 1.28 bits per heavy atom. The molecule has 0 amide bonds. The van der Waals surface area contributed by atoms with Crippen LogP contribution in [0.2, 0.25) is 0 Å². The molecule has 5 heteroatoms. The third-order valence-corrected chi connectivity index (χ3v) is 18.0. The van der Waals surface area contributed by atoms with Crippen LogP contribution in [0.1, 0.15) is 103 Å². The van der Waals surface area contributed by atoms with Crippen LogP contribution in [0.25, 0.3) is 64.4 Å². The fourth-order valence-corrected chi connectivity index (χ4v) is 14.3. The molecular formula is C63H55BN2OS. The van der Waals surface area contributed by atoms with Crippen LogP contribution in [0.3, 0.4) is 0 Å². The zero-order valence-electron chi connectivity index (χ0n) is 40.6. The molecule has 0 spiro atoms. The molecule has 0 unspecified atom stereocenters. The largest absolute Gasteiger partial charge is 0.456 e. The standard InChI is InChI=1S/C63H55BN2OS/c1-60(2,3)37-26-28-48(40(32-37)36-18-11-10-12-19-36)65-50-34-41-38-20-13-16-25-53(38)68-59(41)55-39-21-17-23-44-57(39)66(49-24-15-14-22-43(49)63(44,8)9)64(56(50)55)47-27-29-51-54(58(47)65)42-33-45-46(35-52(42)67-51)62(6,7)31-30-61(45,4)5/h10-29,32-35H,30-31H2,1-9H3. The summed E-state index contributed by atoms with van der Waals surface area (Å²) in [6.45, 7) is 21.4. The maximum Gasteiger partial charge on any atom is 0.333 e. The number of anilines is 5. The fourth-order valence-electron chi connectivity index (χ4n) is 13.1. The Morgan fingerprint density at radius 1 is 0.559 bits per heavy atom. The first-order valence-corrected chi connectivity index (χ1v) is 25.5. The van der Waals surface area contributed by atoms with E-state index in [0.717, 1.165) is 24.0 Å². The van der Waals surface area contributed by atoms with Crippen molar-refractivity contribution in [1.82, 2.24) is 0 Å². The molecule has 332 valence electrons.